The Bertz CT molecular complexity index is 1370. The average molecular weight is 514 g/mol. The number of phenolic OH excluding ortho intramolecular Hbond substituents is 1. The smallest absolute Gasteiger partial charge is 0.336 e. The standard InChI is InChI=1S/C24H17Cl2N3O6/c1-12(30)21(23(33)27-19-11-14(25)7-8-17(19)26)29-28-18-9-6-13(10-20(18)31)22(32)15-4-2-3-5-16(15)24(34)35/h2-11,21,31H,1H3,(H,27,33)(H,34,35). The fourth-order valence-electron chi connectivity index (χ4n) is 3.01. The zero-order valence-electron chi connectivity index (χ0n) is 18.0. The van der Waals surface area contributed by atoms with Crippen molar-refractivity contribution in [3.63, 3.8) is 0 Å². The average Bonchev–Trinajstić information content (AvgIpc) is 2.81. The van der Waals surface area contributed by atoms with Gasteiger partial charge in [-0.1, -0.05) is 41.4 Å². The van der Waals surface area contributed by atoms with Crippen LogP contribution in [0.4, 0.5) is 11.4 Å². The third kappa shape index (κ3) is 6.08. The largest absolute Gasteiger partial charge is 0.506 e. The number of nitrogens with zero attached hydrogens (tertiary/aromatic N) is 2. The van der Waals surface area contributed by atoms with Gasteiger partial charge in [0.15, 0.2) is 11.6 Å². The maximum Gasteiger partial charge on any atom is 0.336 e. The maximum atomic E-state index is 12.8. The predicted molar refractivity (Wildman–Crippen MR) is 129 cm³/mol. The van der Waals surface area contributed by atoms with E-state index in [1.54, 1.807) is 0 Å². The van der Waals surface area contributed by atoms with Crippen molar-refractivity contribution in [3.05, 3.63) is 87.4 Å². The summed E-state index contributed by atoms with van der Waals surface area (Å²) in [6.07, 6.45) is 0. The molecule has 0 aliphatic heterocycles. The molecule has 35 heavy (non-hydrogen) atoms. The van der Waals surface area contributed by atoms with Crippen LogP contribution < -0.4 is 5.32 Å². The summed E-state index contributed by atoms with van der Waals surface area (Å²) in [5.74, 6) is -3.80. The number of hydrogen-bond acceptors (Lipinski definition) is 7. The number of carbonyl (C=O) groups is 4. The van der Waals surface area contributed by atoms with Crippen molar-refractivity contribution in [2.24, 2.45) is 10.2 Å². The lowest BCUT2D eigenvalue weighted by Crippen LogP contribution is -2.31. The highest BCUT2D eigenvalue weighted by molar-refractivity contribution is 6.36. The Morgan fingerprint density at radius 2 is 1.63 bits per heavy atom. The van der Waals surface area contributed by atoms with Crippen molar-refractivity contribution in [2.45, 2.75) is 13.0 Å². The number of carbonyl (C=O) groups excluding carboxylic acids is 3. The quantitative estimate of drug-likeness (QED) is 0.211. The van der Waals surface area contributed by atoms with Gasteiger partial charge in [0.25, 0.3) is 5.91 Å². The molecular weight excluding hydrogens is 497 g/mol. The van der Waals surface area contributed by atoms with Crippen molar-refractivity contribution in [2.75, 3.05) is 5.32 Å². The van der Waals surface area contributed by atoms with E-state index in [9.17, 15) is 29.4 Å². The molecular formula is C24H17Cl2N3O6. The first kappa shape index (κ1) is 25.5. The number of aromatic hydroxyl groups is 1. The molecule has 3 aromatic carbocycles. The fraction of sp³-hybridized carbons (Fsp3) is 0.0833. The molecule has 11 heteroatoms. The van der Waals surface area contributed by atoms with Crippen LogP contribution in [0.5, 0.6) is 5.75 Å². The molecule has 3 aromatic rings. The highest BCUT2D eigenvalue weighted by Gasteiger charge is 2.24. The third-order valence-electron chi connectivity index (χ3n) is 4.74. The molecule has 3 rings (SSSR count). The predicted octanol–water partition coefficient (Wildman–Crippen LogP) is 5.31. The molecule has 1 amide bonds. The van der Waals surface area contributed by atoms with E-state index in [2.05, 4.69) is 15.5 Å². The van der Waals surface area contributed by atoms with Gasteiger partial charge in [0.2, 0.25) is 6.04 Å². The Morgan fingerprint density at radius 3 is 2.26 bits per heavy atom. The molecule has 0 aromatic heterocycles. The van der Waals surface area contributed by atoms with Gasteiger partial charge in [-0.2, -0.15) is 10.2 Å². The van der Waals surface area contributed by atoms with Crippen molar-refractivity contribution >= 4 is 58.0 Å². The third-order valence-corrected chi connectivity index (χ3v) is 5.31. The molecule has 3 N–H and O–H groups in total. The van der Waals surface area contributed by atoms with E-state index < -0.39 is 35.2 Å². The molecule has 1 atom stereocenters. The monoisotopic (exact) mass is 513 g/mol. The van der Waals surface area contributed by atoms with E-state index in [1.165, 1.54) is 54.6 Å². The lowest BCUT2D eigenvalue weighted by molar-refractivity contribution is -0.126. The molecule has 0 spiro atoms. The van der Waals surface area contributed by atoms with Crippen LogP contribution >= 0.6 is 23.2 Å². The molecule has 0 heterocycles. The number of amides is 1. The van der Waals surface area contributed by atoms with E-state index in [-0.39, 0.29) is 33.1 Å². The first-order chi connectivity index (χ1) is 16.6. The van der Waals surface area contributed by atoms with E-state index >= 15 is 0 Å². The number of aromatic carboxylic acids is 1. The molecule has 0 radical (unpaired) electrons. The normalized spacial score (nSPS) is 11.7. The van der Waals surface area contributed by atoms with Gasteiger partial charge in [0.05, 0.1) is 16.3 Å². The second-order valence-corrected chi connectivity index (χ2v) is 8.07. The minimum atomic E-state index is -1.55. The molecule has 0 aliphatic carbocycles. The zero-order valence-corrected chi connectivity index (χ0v) is 19.5. The highest BCUT2D eigenvalue weighted by atomic mass is 35.5. The first-order valence-corrected chi connectivity index (χ1v) is 10.7. The Balaban J connectivity index is 1.83. The summed E-state index contributed by atoms with van der Waals surface area (Å²) in [5.41, 5.74) is -0.171. The van der Waals surface area contributed by atoms with Crippen LogP contribution in [0, 0.1) is 0 Å². The number of azo groups is 1. The summed E-state index contributed by atoms with van der Waals surface area (Å²) in [4.78, 5) is 48.7. The van der Waals surface area contributed by atoms with E-state index in [0.717, 1.165) is 13.0 Å². The molecule has 0 saturated heterocycles. The van der Waals surface area contributed by atoms with Gasteiger partial charge in [-0.15, -0.1) is 0 Å². The molecule has 0 aliphatic rings. The van der Waals surface area contributed by atoms with Gasteiger partial charge in [-0.3, -0.25) is 14.4 Å². The van der Waals surface area contributed by atoms with Gasteiger partial charge >= 0.3 is 5.97 Å². The fourth-order valence-corrected chi connectivity index (χ4v) is 3.34. The number of Topliss-reactive ketones (excluding diaryl/α,β-unsaturated/α-hetero) is 1. The number of carboxylic acid groups (broad SMARTS) is 1. The molecule has 0 saturated carbocycles. The van der Waals surface area contributed by atoms with Crippen molar-refractivity contribution in [3.8, 4) is 5.75 Å². The topological polar surface area (TPSA) is 145 Å². The number of ketones is 2. The van der Waals surface area contributed by atoms with Crippen LogP contribution in [-0.4, -0.2) is 39.7 Å². The molecule has 9 nitrogen and oxygen atoms in total. The van der Waals surface area contributed by atoms with E-state index in [1.807, 2.05) is 0 Å². The number of anilines is 1. The second-order valence-electron chi connectivity index (χ2n) is 7.23. The Morgan fingerprint density at radius 1 is 0.943 bits per heavy atom. The number of nitrogens with one attached hydrogen (secondary N) is 1. The van der Waals surface area contributed by atoms with Crippen molar-refractivity contribution < 1.29 is 29.4 Å². The van der Waals surface area contributed by atoms with Gasteiger partial charge in [0, 0.05) is 16.1 Å². The number of benzene rings is 3. The van der Waals surface area contributed by atoms with Crippen molar-refractivity contribution in [1.29, 1.82) is 0 Å². The first-order valence-electron chi connectivity index (χ1n) is 9.95. The van der Waals surface area contributed by atoms with E-state index in [4.69, 9.17) is 23.2 Å². The molecule has 1 unspecified atom stereocenters. The lowest BCUT2D eigenvalue weighted by atomic mass is 9.98. The number of hydrogen-bond donors (Lipinski definition) is 3. The summed E-state index contributed by atoms with van der Waals surface area (Å²) in [5, 5.41) is 30.1. The van der Waals surface area contributed by atoms with Crippen LogP contribution in [0.3, 0.4) is 0 Å². The number of phenols is 1. The summed E-state index contributed by atoms with van der Waals surface area (Å²) in [6.45, 7) is 1.14. The number of rotatable bonds is 8. The van der Waals surface area contributed by atoms with E-state index in [0.29, 0.717) is 5.02 Å². The number of halogens is 2. The molecule has 178 valence electrons. The zero-order chi connectivity index (χ0) is 25.7. The Kier molecular flexibility index (Phi) is 7.95. The summed E-state index contributed by atoms with van der Waals surface area (Å²) in [6, 6.07) is 12.2. The van der Waals surface area contributed by atoms with Crippen LogP contribution in [-0.2, 0) is 9.59 Å². The van der Waals surface area contributed by atoms with Gasteiger partial charge in [-0.05, 0) is 49.4 Å². The Labute approximate surface area is 209 Å². The van der Waals surface area contributed by atoms with Crippen LogP contribution in [0.1, 0.15) is 33.2 Å². The summed E-state index contributed by atoms with van der Waals surface area (Å²) >= 11 is 11.9. The highest BCUT2D eigenvalue weighted by Crippen LogP contribution is 2.30. The number of carboxylic acids is 1. The molecule has 0 fully saturated rings. The SMILES string of the molecule is CC(=O)C(N=Nc1ccc(C(=O)c2ccccc2C(=O)O)cc1O)C(=O)Nc1cc(Cl)ccc1Cl. The van der Waals surface area contributed by atoms with Gasteiger partial charge < -0.3 is 15.5 Å². The lowest BCUT2D eigenvalue weighted by Gasteiger charge is -2.11. The van der Waals surface area contributed by atoms with Crippen LogP contribution in [0.2, 0.25) is 10.0 Å². The minimum absolute atomic E-state index is 0.00612. The summed E-state index contributed by atoms with van der Waals surface area (Å²) in [7, 11) is 0. The van der Waals surface area contributed by atoms with Gasteiger partial charge in [-0.25, -0.2) is 4.79 Å². The van der Waals surface area contributed by atoms with Gasteiger partial charge in [0.1, 0.15) is 11.4 Å². The molecule has 0 bridgehead atoms. The minimum Gasteiger partial charge on any atom is -0.506 e. The van der Waals surface area contributed by atoms with Crippen LogP contribution in [0.25, 0.3) is 0 Å². The van der Waals surface area contributed by atoms with Crippen LogP contribution in [0.15, 0.2) is 70.9 Å². The summed E-state index contributed by atoms with van der Waals surface area (Å²) < 4.78 is 0. The maximum absolute atomic E-state index is 12.8. The van der Waals surface area contributed by atoms with Crippen molar-refractivity contribution in [1.82, 2.24) is 0 Å². The second kappa shape index (κ2) is 10.9. The Hall–Kier alpha value is -4.08.